The molecule has 17 heavy (non-hydrogen) atoms. The molecule has 2 atom stereocenters. The molecule has 1 saturated carbocycles. The summed E-state index contributed by atoms with van der Waals surface area (Å²) < 4.78 is 6.12. The average molecular weight is 294 g/mol. The predicted octanol–water partition coefficient (Wildman–Crippen LogP) is 3.20. The minimum absolute atomic E-state index is 0.459. The first-order chi connectivity index (χ1) is 8.16. The fraction of sp³-hybridized carbons (Fsp3) is 0.333. The number of anilines is 1. The molecular formula is C12H12BrN3O. The maximum atomic E-state index is 5.97. The van der Waals surface area contributed by atoms with Crippen LogP contribution in [0.5, 0.6) is 0 Å². The smallest absolute Gasteiger partial charge is 0.260 e. The molecule has 0 amide bonds. The van der Waals surface area contributed by atoms with E-state index in [1.54, 1.807) is 0 Å². The number of halogens is 1. The van der Waals surface area contributed by atoms with Crippen molar-refractivity contribution in [3.63, 3.8) is 0 Å². The Morgan fingerprint density at radius 3 is 2.94 bits per heavy atom. The number of aromatic nitrogens is 2. The Bertz CT molecular complexity index is 567. The highest BCUT2D eigenvalue weighted by molar-refractivity contribution is 9.10. The summed E-state index contributed by atoms with van der Waals surface area (Å²) in [4.78, 5) is 4.42. The molecule has 2 N–H and O–H groups in total. The van der Waals surface area contributed by atoms with Crippen molar-refractivity contribution in [3.05, 3.63) is 28.5 Å². The molecule has 5 heteroatoms. The molecular weight excluding hydrogens is 282 g/mol. The van der Waals surface area contributed by atoms with Crippen molar-refractivity contribution in [1.29, 1.82) is 0 Å². The quantitative estimate of drug-likeness (QED) is 0.864. The highest BCUT2D eigenvalue weighted by Gasteiger charge is 2.38. The normalized spacial score (nSPS) is 22.7. The molecule has 1 aromatic carbocycles. The van der Waals surface area contributed by atoms with Gasteiger partial charge in [-0.3, -0.25) is 0 Å². The van der Waals surface area contributed by atoms with Crippen LogP contribution < -0.4 is 5.73 Å². The van der Waals surface area contributed by atoms with Gasteiger partial charge in [-0.15, -0.1) is 0 Å². The van der Waals surface area contributed by atoms with Crippen LogP contribution in [0.15, 0.2) is 27.2 Å². The van der Waals surface area contributed by atoms with Gasteiger partial charge in [0.05, 0.1) is 11.3 Å². The summed E-state index contributed by atoms with van der Waals surface area (Å²) in [5, 5.41) is 4.02. The lowest BCUT2D eigenvalue weighted by Crippen LogP contribution is -1.91. The van der Waals surface area contributed by atoms with Gasteiger partial charge in [-0.2, -0.15) is 4.98 Å². The molecule has 1 aromatic heterocycles. The summed E-state index contributed by atoms with van der Waals surface area (Å²) in [5.41, 5.74) is 7.38. The lowest BCUT2D eigenvalue weighted by molar-refractivity contribution is 0.422. The summed E-state index contributed by atoms with van der Waals surface area (Å²) in [6.45, 7) is 2.19. The largest absolute Gasteiger partial charge is 0.397 e. The second-order valence-corrected chi connectivity index (χ2v) is 5.33. The fourth-order valence-electron chi connectivity index (χ4n) is 1.90. The summed E-state index contributed by atoms with van der Waals surface area (Å²) >= 11 is 3.39. The van der Waals surface area contributed by atoms with E-state index in [1.807, 2.05) is 18.2 Å². The Hall–Kier alpha value is -1.36. The van der Waals surface area contributed by atoms with Gasteiger partial charge < -0.3 is 10.3 Å². The maximum absolute atomic E-state index is 5.97. The van der Waals surface area contributed by atoms with Crippen LogP contribution in [0.25, 0.3) is 11.5 Å². The van der Waals surface area contributed by atoms with Crippen LogP contribution in [0.4, 0.5) is 5.69 Å². The van der Waals surface area contributed by atoms with Crippen molar-refractivity contribution < 1.29 is 4.52 Å². The molecule has 0 spiro atoms. The van der Waals surface area contributed by atoms with Crippen molar-refractivity contribution in [1.82, 2.24) is 10.1 Å². The molecule has 1 aliphatic rings. The lowest BCUT2D eigenvalue weighted by atomic mass is 10.2. The number of para-hydroxylation sites is 1. The molecule has 88 valence electrons. The van der Waals surface area contributed by atoms with Gasteiger partial charge in [-0.05, 0) is 40.4 Å². The molecule has 1 heterocycles. The molecule has 2 unspecified atom stereocenters. The zero-order chi connectivity index (χ0) is 12.0. The number of nitrogens with two attached hydrogens (primary N) is 1. The van der Waals surface area contributed by atoms with Gasteiger partial charge in [-0.1, -0.05) is 18.1 Å². The van der Waals surface area contributed by atoms with Crippen LogP contribution in [0.3, 0.4) is 0 Å². The van der Waals surface area contributed by atoms with Crippen molar-refractivity contribution >= 4 is 21.6 Å². The molecule has 0 bridgehead atoms. The molecule has 0 saturated heterocycles. The van der Waals surface area contributed by atoms with Crippen molar-refractivity contribution in [3.8, 4) is 11.5 Å². The summed E-state index contributed by atoms with van der Waals surface area (Å²) in [7, 11) is 0. The number of nitrogen functional groups attached to an aromatic ring is 1. The molecule has 2 aromatic rings. The third-order valence-electron chi connectivity index (χ3n) is 3.17. The number of hydrogen-bond acceptors (Lipinski definition) is 4. The fourth-order valence-corrected chi connectivity index (χ4v) is 2.27. The summed E-state index contributed by atoms with van der Waals surface area (Å²) in [6.07, 6.45) is 1.15. The van der Waals surface area contributed by atoms with E-state index in [2.05, 4.69) is 33.0 Å². The minimum atomic E-state index is 0.459. The van der Waals surface area contributed by atoms with E-state index in [0.29, 0.717) is 23.4 Å². The van der Waals surface area contributed by atoms with E-state index in [0.717, 1.165) is 22.3 Å². The van der Waals surface area contributed by atoms with E-state index in [4.69, 9.17) is 10.3 Å². The molecule has 1 aliphatic carbocycles. The van der Waals surface area contributed by atoms with E-state index >= 15 is 0 Å². The minimum Gasteiger partial charge on any atom is -0.397 e. The van der Waals surface area contributed by atoms with E-state index in [1.165, 1.54) is 0 Å². The van der Waals surface area contributed by atoms with Gasteiger partial charge in [0.15, 0.2) is 5.82 Å². The Kier molecular flexibility index (Phi) is 2.43. The first-order valence-corrected chi connectivity index (χ1v) is 6.34. The van der Waals surface area contributed by atoms with Crippen LogP contribution >= 0.6 is 15.9 Å². The number of rotatable bonds is 2. The Morgan fingerprint density at radius 1 is 1.47 bits per heavy atom. The SMILES string of the molecule is CC1CC1c1noc(-c2cccc(Br)c2N)n1. The van der Waals surface area contributed by atoms with Crippen LogP contribution in [-0.2, 0) is 0 Å². The van der Waals surface area contributed by atoms with Gasteiger partial charge in [0.2, 0.25) is 0 Å². The Labute approximate surface area is 107 Å². The molecule has 3 rings (SSSR count). The number of benzene rings is 1. The van der Waals surface area contributed by atoms with Crippen molar-refractivity contribution in [2.45, 2.75) is 19.3 Å². The number of hydrogen-bond donors (Lipinski definition) is 1. The third kappa shape index (κ3) is 1.84. The zero-order valence-corrected chi connectivity index (χ0v) is 10.9. The summed E-state index contributed by atoms with van der Waals surface area (Å²) in [5.74, 6) is 2.42. The Balaban J connectivity index is 1.98. The molecule has 4 nitrogen and oxygen atoms in total. The third-order valence-corrected chi connectivity index (χ3v) is 3.86. The predicted molar refractivity (Wildman–Crippen MR) is 68.4 cm³/mol. The first kappa shape index (κ1) is 10.8. The molecule has 0 aliphatic heterocycles. The Morgan fingerprint density at radius 2 is 2.24 bits per heavy atom. The van der Waals surface area contributed by atoms with Crippen LogP contribution in [0, 0.1) is 5.92 Å². The van der Waals surface area contributed by atoms with E-state index in [-0.39, 0.29) is 0 Å². The highest BCUT2D eigenvalue weighted by atomic mass is 79.9. The van der Waals surface area contributed by atoms with E-state index < -0.39 is 0 Å². The second-order valence-electron chi connectivity index (χ2n) is 4.48. The summed E-state index contributed by atoms with van der Waals surface area (Å²) in [6, 6.07) is 5.67. The van der Waals surface area contributed by atoms with Gasteiger partial charge in [0, 0.05) is 10.4 Å². The molecule has 1 fully saturated rings. The van der Waals surface area contributed by atoms with Crippen LogP contribution in [-0.4, -0.2) is 10.1 Å². The highest BCUT2D eigenvalue weighted by Crippen LogP contribution is 2.46. The van der Waals surface area contributed by atoms with Gasteiger partial charge in [0.25, 0.3) is 5.89 Å². The van der Waals surface area contributed by atoms with Crippen molar-refractivity contribution in [2.75, 3.05) is 5.73 Å². The topological polar surface area (TPSA) is 64.9 Å². The first-order valence-electron chi connectivity index (χ1n) is 5.55. The van der Waals surface area contributed by atoms with Gasteiger partial charge in [-0.25, -0.2) is 0 Å². The zero-order valence-electron chi connectivity index (χ0n) is 9.35. The van der Waals surface area contributed by atoms with Crippen LogP contribution in [0.2, 0.25) is 0 Å². The van der Waals surface area contributed by atoms with E-state index in [9.17, 15) is 0 Å². The van der Waals surface area contributed by atoms with Gasteiger partial charge in [0.1, 0.15) is 0 Å². The van der Waals surface area contributed by atoms with Gasteiger partial charge >= 0.3 is 0 Å². The van der Waals surface area contributed by atoms with Crippen LogP contribution in [0.1, 0.15) is 25.1 Å². The second kappa shape index (κ2) is 3.84. The lowest BCUT2D eigenvalue weighted by Gasteiger charge is -2.01. The van der Waals surface area contributed by atoms with Crippen molar-refractivity contribution in [2.24, 2.45) is 5.92 Å². The standard InChI is InChI=1S/C12H12BrN3O/c1-6-5-8(6)11-15-12(17-16-11)7-3-2-4-9(13)10(7)14/h2-4,6,8H,5,14H2,1H3. The number of nitrogens with zero attached hydrogens (tertiary/aromatic N) is 2. The average Bonchev–Trinajstić information content (AvgIpc) is 2.86. The molecule has 0 radical (unpaired) electrons. The monoisotopic (exact) mass is 293 g/mol. The maximum Gasteiger partial charge on any atom is 0.260 e.